The summed E-state index contributed by atoms with van der Waals surface area (Å²) in [4.78, 5) is 9.54. The second kappa shape index (κ2) is 12.0. The van der Waals surface area contributed by atoms with Gasteiger partial charge in [-0.25, -0.2) is 0 Å². The van der Waals surface area contributed by atoms with E-state index in [0.717, 1.165) is 6.42 Å². The highest BCUT2D eigenvalue weighted by atomic mass is 16.3. The van der Waals surface area contributed by atoms with Gasteiger partial charge in [0, 0.05) is 6.21 Å². The third-order valence-corrected chi connectivity index (χ3v) is 1.30. The summed E-state index contributed by atoms with van der Waals surface area (Å²) < 4.78 is 0. The second-order valence-corrected chi connectivity index (χ2v) is 2.46. The van der Waals surface area contributed by atoms with E-state index in [-0.39, 0.29) is 0 Å². The Kier molecular flexibility index (Phi) is 10.5. The average Bonchev–Trinajstić information content (AvgIpc) is 2.26. The van der Waals surface area contributed by atoms with E-state index in [0.29, 0.717) is 0 Å². The molecule has 0 aliphatic rings. The van der Waals surface area contributed by atoms with Crippen molar-refractivity contribution in [3.63, 3.8) is 0 Å². The van der Waals surface area contributed by atoms with Crippen LogP contribution in [0.25, 0.3) is 0 Å². The maximum absolute atomic E-state index is 9.54. The Balaban J connectivity index is 3.65. The van der Waals surface area contributed by atoms with Gasteiger partial charge in [0.05, 0.1) is 5.29 Å². The van der Waals surface area contributed by atoms with Crippen LogP contribution in [0.15, 0.2) is 59.0 Å². The van der Waals surface area contributed by atoms with Crippen LogP contribution < -0.4 is 5.53 Å². The molecule has 0 saturated carbocycles. The molecule has 0 aromatic rings. The van der Waals surface area contributed by atoms with Crippen molar-refractivity contribution >= 4 is 6.21 Å². The van der Waals surface area contributed by atoms with Crippen LogP contribution in [0.3, 0.4) is 0 Å². The van der Waals surface area contributed by atoms with Crippen molar-refractivity contribution in [1.29, 1.82) is 0 Å². The molecule has 80 valence electrons. The van der Waals surface area contributed by atoms with Gasteiger partial charge in [-0.15, -0.1) is 4.91 Å². The van der Waals surface area contributed by atoms with Gasteiger partial charge in [-0.3, -0.25) is 0 Å². The van der Waals surface area contributed by atoms with Crippen molar-refractivity contribution in [3.8, 4) is 0 Å². The lowest BCUT2D eigenvalue weighted by molar-refractivity contribution is 0.804. The summed E-state index contributed by atoms with van der Waals surface area (Å²) in [5.74, 6) is 0. The summed E-state index contributed by atoms with van der Waals surface area (Å²) in [5.41, 5.74) is 1.91. The van der Waals surface area contributed by atoms with E-state index < -0.39 is 0 Å². The summed E-state index contributed by atoms with van der Waals surface area (Å²) in [6, 6.07) is 0. The number of nitroso groups, excluding NO2 is 1. The molecule has 0 aromatic carbocycles. The zero-order valence-corrected chi connectivity index (χ0v) is 8.71. The molecule has 4 nitrogen and oxygen atoms in total. The predicted octanol–water partition coefficient (Wildman–Crippen LogP) is 2.88. The molecule has 0 saturated heterocycles. The first kappa shape index (κ1) is 13.0. The second-order valence-electron chi connectivity index (χ2n) is 2.46. The Morgan fingerprint density at radius 3 is 2.20 bits per heavy atom. The molecule has 0 rings (SSSR count). The topological polar surface area (TPSA) is 53.8 Å². The third-order valence-electron chi connectivity index (χ3n) is 1.30. The summed E-state index contributed by atoms with van der Waals surface area (Å²) in [5, 5.41) is 5.79. The summed E-state index contributed by atoms with van der Waals surface area (Å²) in [7, 11) is 0. The molecule has 0 atom stereocenters. The molecule has 0 spiro atoms. The smallest absolute Gasteiger partial charge is 0.0722 e. The fraction of sp³-hybridized carbons (Fsp3) is 0.182. The lowest BCUT2D eigenvalue weighted by Gasteiger charge is -1.77. The van der Waals surface area contributed by atoms with E-state index in [1.807, 2.05) is 35.9 Å². The van der Waals surface area contributed by atoms with E-state index in [1.54, 1.807) is 12.2 Å². The lowest BCUT2D eigenvalue weighted by Crippen LogP contribution is -1.89. The van der Waals surface area contributed by atoms with E-state index in [1.165, 1.54) is 6.21 Å². The van der Waals surface area contributed by atoms with Gasteiger partial charge in [-0.05, 0) is 12.5 Å². The van der Waals surface area contributed by atoms with Crippen molar-refractivity contribution in [2.24, 2.45) is 10.4 Å². The largest absolute Gasteiger partial charge is 0.164 e. The summed E-state index contributed by atoms with van der Waals surface area (Å²) in [6.07, 6.45) is 17.7. The molecule has 15 heavy (non-hydrogen) atoms. The van der Waals surface area contributed by atoms with Crippen LogP contribution in [0.4, 0.5) is 0 Å². The highest BCUT2D eigenvalue weighted by Gasteiger charge is 1.65. The van der Waals surface area contributed by atoms with E-state index in [4.69, 9.17) is 0 Å². The Labute approximate surface area is 89.7 Å². The van der Waals surface area contributed by atoms with Crippen LogP contribution in [0.1, 0.15) is 13.3 Å². The minimum atomic E-state index is 1.04. The minimum Gasteiger partial charge on any atom is -0.164 e. The van der Waals surface area contributed by atoms with Crippen LogP contribution in [0, 0.1) is 4.91 Å². The fourth-order valence-electron chi connectivity index (χ4n) is 0.685. The molecular formula is C11H15N3O. The molecule has 4 heteroatoms. The monoisotopic (exact) mass is 205 g/mol. The van der Waals surface area contributed by atoms with Crippen molar-refractivity contribution < 1.29 is 0 Å². The fourth-order valence-corrected chi connectivity index (χ4v) is 0.685. The SMILES string of the molecule is CC/C=C/C=C/C=C/C=C/C=N/NN=O. The number of hydrogen-bond acceptors (Lipinski definition) is 3. The van der Waals surface area contributed by atoms with Crippen molar-refractivity contribution in [3.05, 3.63) is 53.5 Å². The van der Waals surface area contributed by atoms with Crippen LogP contribution >= 0.6 is 0 Å². The van der Waals surface area contributed by atoms with Gasteiger partial charge in [0.1, 0.15) is 0 Å². The Morgan fingerprint density at radius 1 is 1.00 bits per heavy atom. The van der Waals surface area contributed by atoms with E-state index in [9.17, 15) is 4.91 Å². The summed E-state index contributed by atoms with van der Waals surface area (Å²) >= 11 is 0. The quantitative estimate of drug-likeness (QED) is 0.301. The third kappa shape index (κ3) is 12.0. The molecule has 0 unspecified atom stereocenters. The molecule has 0 bridgehead atoms. The molecule has 0 fully saturated rings. The van der Waals surface area contributed by atoms with E-state index in [2.05, 4.69) is 23.4 Å². The number of allylic oxidation sites excluding steroid dienone is 8. The maximum Gasteiger partial charge on any atom is 0.0722 e. The highest BCUT2D eigenvalue weighted by molar-refractivity contribution is 5.71. The number of nitrogens with one attached hydrogen (secondary N) is 1. The number of nitrogens with zero attached hydrogens (tertiary/aromatic N) is 2. The van der Waals surface area contributed by atoms with Crippen molar-refractivity contribution in [1.82, 2.24) is 5.53 Å². The molecular weight excluding hydrogens is 190 g/mol. The zero-order chi connectivity index (χ0) is 11.2. The molecule has 0 aliphatic heterocycles. The first-order valence-electron chi connectivity index (χ1n) is 4.67. The first-order chi connectivity index (χ1) is 7.41. The zero-order valence-electron chi connectivity index (χ0n) is 8.71. The van der Waals surface area contributed by atoms with Crippen LogP contribution in [0.2, 0.25) is 0 Å². The molecule has 0 aliphatic carbocycles. The molecule has 1 N–H and O–H groups in total. The minimum absolute atomic E-state index is 1.04. The maximum atomic E-state index is 9.54. The van der Waals surface area contributed by atoms with Crippen LogP contribution in [-0.2, 0) is 0 Å². The molecule has 0 aromatic heterocycles. The average molecular weight is 205 g/mol. The molecule has 0 heterocycles. The molecule has 0 radical (unpaired) electrons. The van der Waals surface area contributed by atoms with Gasteiger partial charge in [-0.2, -0.15) is 10.6 Å². The van der Waals surface area contributed by atoms with Gasteiger partial charge < -0.3 is 0 Å². The number of hydrogen-bond donors (Lipinski definition) is 1. The van der Waals surface area contributed by atoms with Gasteiger partial charge in [0.2, 0.25) is 0 Å². The van der Waals surface area contributed by atoms with Crippen molar-refractivity contribution in [2.75, 3.05) is 0 Å². The predicted molar refractivity (Wildman–Crippen MR) is 64.3 cm³/mol. The Hall–Kier alpha value is -1.97. The number of rotatable bonds is 7. The van der Waals surface area contributed by atoms with Gasteiger partial charge in [0.25, 0.3) is 0 Å². The van der Waals surface area contributed by atoms with Crippen LogP contribution in [-0.4, -0.2) is 6.21 Å². The van der Waals surface area contributed by atoms with Gasteiger partial charge in [0.15, 0.2) is 0 Å². The summed E-state index contributed by atoms with van der Waals surface area (Å²) in [6.45, 7) is 2.09. The lowest BCUT2D eigenvalue weighted by atomic mass is 10.3. The first-order valence-corrected chi connectivity index (χ1v) is 4.67. The standard InChI is InChI=1S/C11H15N3O/c1-2-3-4-5-6-7-8-9-10-11-12-13-14-15/h3-11H,2H2,1H3,(H,13,15)/b4-3+,6-5+,8-7+,10-9+,12-11+. The highest BCUT2D eigenvalue weighted by Crippen LogP contribution is 1.83. The van der Waals surface area contributed by atoms with Crippen LogP contribution in [0.5, 0.6) is 0 Å². The molecule has 0 amide bonds. The Bertz CT molecular complexity index is 288. The number of hydrazone groups is 1. The van der Waals surface area contributed by atoms with E-state index >= 15 is 0 Å². The normalized spacial score (nSPS) is 12.9. The van der Waals surface area contributed by atoms with Gasteiger partial charge in [-0.1, -0.05) is 49.5 Å². The Morgan fingerprint density at radius 2 is 1.60 bits per heavy atom. The van der Waals surface area contributed by atoms with Gasteiger partial charge >= 0.3 is 0 Å². The van der Waals surface area contributed by atoms with Crippen molar-refractivity contribution in [2.45, 2.75) is 13.3 Å².